The maximum Gasteiger partial charge on any atom is 0.317 e. The summed E-state index contributed by atoms with van der Waals surface area (Å²) in [6, 6.07) is 3.71. The van der Waals surface area contributed by atoms with Crippen molar-refractivity contribution in [3.8, 4) is 11.8 Å². The number of nitrogens with zero attached hydrogens (tertiary/aromatic N) is 2. The summed E-state index contributed by atoms with van der Waals surface area (Å²) in [7, 11) is 0. The van der Waals surface area contributed by atoms with Crippen LogP contribution in [0.3, 0.4) is 0 Å². The molecule has 0 radical (unpaired) electrons. The van der Waals surface area contributed by atoms with E-state index in [1.165, 1.54) is 4.90 Å². The highest BCUT2D eigenvalue weighted by Gasteiger charge is 2.15. The van der Waals surface area contributed by atoms with Gasteiger partial charge in [0.05, 0.1) is 18.8 Å². The van der Waals surface area contributed by atoms with Crippen molar-refractivity contribution in [3.05, 3.63) is 78.7 Å². The zero-order valence-electron chi connectivity index (χ0n) is 20.4. The van der Waals surface area contributed by atoms with Gasteiger partial charge in [0.1, 0.15) is 0 Å². The van der Waals surface area contributed by atoms with Gasteiger partial charge < -0.3 is 10.2 Å². The summed E-state index contributed by atoms with van der Waals surface area (Å²) < 4.78 is 0. The minimum Gasteiger partial charge on any atom is -0.480 e. The molecule has 0 aliphatic heterocycles. The largest absolute Gasteiger partial charge is 0.480 e. The molecule has 0 atom stereocenters. The minimum absolute atomic E-state index is 0.164. The van der Waals surface area contributed by atoms with Gasteiger partial charge in [-0.15, -0.1) is 5.92 Å². The van der Waals surface area contributed by atoms with Crippen LogP contribution in [0.15, 0.2) is 61.7 Å². The van der Waals surface area contributed by atoms with Crippen LogP contribution in [0.25, 0.3) is 0 Å². The zero-order chi connectivity index (χ0) is 25.5. The van der Waals surface area contributed by atoms with Gasteiger partial charge in [-0.3, -0.25) is 19.5 Å². The topological polar surface area (TPSA) is 90.7 Å². The van der Waals surface area contributed by atoms with Crippen LogP contribution in [-0.2, 0) is 22.6 Å². The van der Waals surface area contributed by atoms with Crippen molar-refractivity contribution >= 4 is 11.9 Å². The molecule has 0 fully saturated rings. The standard InChI is InChI=1S/C17H22N2O4.C6H10.C4H6/c1-3-5-7-14-8-13(6-4-2)9-15(18-14)10-19(11-16(20)21)12-17(22)23;1-3-5-6-4-2;1-3-4-2/h8-9H,3,5,7,10-12H2,1-2H3,(H,20,21)(H,22,23);3-6H,1-2H3;3-4H,1-2H2/b;5-3-,6-4-;. The molecule has 1 rings (SSSR count). The number of carboxylic acids is 2. The van der Waals surface area contributed by atoms with Crippen molar-refractivity contribution in [1.82, 2.24) is 9.88 Å². The van der Waals surface area contributed by atoms with Gasteiger partial charge in [0.2, 0.25) is 0 Å². The van der Waals surface area contributed by atoms with E-state index >= 15 is 0 Å². The summed E-state index contributed by atoms with van der Waals surface area (Å²) in [5.41, 5.74) is 2.35. The van der Waals surface area contributed by atoms with E-state index < -0.39 is 11.9 Å². The molecule has 6 nitrogen and oxygen atoms in total. The molecule has 180 valence electrons. The summed E-state index contributed by atoms with van der Waals surface area (Å²) in [6.45, 7) is 14.0. The number of carbonyl (C=O) groups is 2. The van der Waals surface area contributed by atoms with Crippen molar-refractivity contribution < 1.29 is 19.8 Å². The molecule has 0 unspecified atom stereocenters. The third-order valence-electron chi connectivity index (χ3n) is 3.75. The Kier molecular flexibility index (Phi) is 21.0. The molecule has 0 aliphatic rings. The second-order valence-corrected chi connectivity index (χ2v) is 6.77. The second-order valence-electron chi connectivity index (χ2n) is 6.77. The SMILES string of the molecule is C/C=C\C=C/C.C=CC=C.CC#Cc1cc(CCCC)nc(CN(CC(=O)O)CC(=O)O)c1. The lowest BCUT2D eigenvalue weighted by Gasteiger charge is -2.18. The number of unbranched alkanes of at least 4 members (excludes halogenated alkanes) is 1. The van der Waals surface area contributed by atoms with Crippen LogP contribution >= 0.6 is 0 Å². The molecule has 1 aromatic rings. The Hall–Kier alpha value is -3.43. The lowest BCUT2D eigenvalue weighted by Crippen LogP contribution is -2.34. The summed E-state index contributed by atoms with van der Waals surface area (Å²) in [4.78, 5) is 27.6. The van der Waals surface area contributed by atoms with Gasteiger partial charge in [-0.2, -0.15) is 0 Å². The summed E-state index contributed by atoms with van der Waals surface area (Å²) in [5, 5.41) is 17.8. The lowest BCUT2D eigenvalue weighted by molar-refractivity contribution is -0.142. The average Bonchev–Trinajstić information content (AvgIpc) is 2.76. The van der Waals surface area contributed by atoms with Gasteiger partial charge in [0.15, 0.2) is 0 Å². The summed E-state index contributed by atoms with van der Waals surface area (Å²) in [5.74, 6) is 3.68. The molecule has 0 saturated carbocycles. The number of aliphatic carboxylic acids is 2. The Bertz CT molecular complexity index is 813. The first-order valence-electron chi connectivity index (χ1n) is 10.8. The number of allylic oxidation sites excluding steroid dienone is 6. The van der Waals surface area contributed by atoms with Crippen LogP contribution in [0.2, 0.25) is 0 Å². The van der Waals surface area contributed by atoms with Crippen molar-refractivity contribution in [2.75, 3.05) is 13.1 Å². The van der Waals surface area contributed by atoms with E-state index in [9.17, 15) is 9.59 Å². The van der Waals surface area contributed by atoms with Gasteiger partial charge in [-0.1, -0.05) is 68.9 Å². The van der Waals surface area contributed by atoms with Crippen LogP contribution in [0, 0.1) is 11.8 Å². The fraction of sp³-hybridized carbons (Fsp3) is 0.370. The number of hydrogen-bond acceptors (Lipinski definition) is 4. The van der Waals surface area contributed by atoms with E-state index in [1.807, 2.05) is 44.2 Å². The molecule has 1 aromatic heterocycles. The summed E-state index contributed by atoms with van der Waals surface area (Å²) in [6.07, 6.45) is 14.1. The van der Waals surface area contributed by atoms with Gasteiger partial charge in [0, 0.05) is 17.8 Å². The fourth-order valence-corrected chi connectivity index (χ4v) is 2.43. The van der Waals surface area contributed by atoms with Crippen LogP contribution in [0.1, 0.15) is 57.5 Å². The van der Waals surface area contributed by atoms with Crippen molar-refractivity contribution in [2.24, 2.45) is 0 Å². The van der Waals surface area contributed by atoms with E-state index in [-0.39, 0.29) is 19.6 Å². The Labute approximate surface area is 199 Å². The van der Waals surface area contributed by atoms with E-state index in [0.29, 0.717) is 5.69 Å². The highest BCUT2D eigenvalue weighted by atomic mass is 16.4. The van der Waals surface area contributed by atoms with Gasteiger partial charge in [-0.05, 0) is 45.7 Å². The fourth-order valence-electron chi connectivity index (χ4n) is 2.43. The maximum atomic E-state index is 10.9. The molecular formula is C27H38N2O4. The van der Waals surface area contributed by atoms with E-state index in [4.69, 9.17) is 10.2 Å². The van der Waals surface area contributed by atoms with Crippen molar-refractivity contribution in [1.29, 1.82) is 0 Å². The number of rotatable bonds is 11. The molecule has 0 spiro atoms. The monoisotopic (exact) mass is 454 g/mol. The highest BCUT2D eigenvalue weighted by Crippen LogP contribution is 2.11. The number of aryl methyl sites for hydroxylation is 1. The van der Waals surface area contributed by atoms with Crippen LogP contribution < -0.4 is 0 Å². The zero-order valence-corrected chi connectivity index (χ0v) is 20.4. The molecule has 0 aliphatic carbocycles. The van der Waals surface area contributed by atoms with Gasteiger partial charge >= 0.3 is 11.9 Å². The average molecular weight is 455 g/mol. The third-order valence-corrected chi connectivity index (χ3v) is 3.75. The number of pyridine rings is 1. The summed E-state index contributed by atoms with van der Waals surface area (Å²) >= 11 is 0. The van der Waals surface area contributed by atoms with Crippen LogP contribution in [0.5, 0.6) is 0 Å². The Balaban J connectivity index is 0. The maximum absolute atomic E-state index is 10.9. The van der Waals surface area contributed by atoms with Gasteiger partial charge in [0.25, 0.3) is 0 Å². The van der Waals surface area contributed by atoms with Crippen molar-refractivity contribution in [2.45, 2.75) is 53.5 Å². The predicted octanol–water partition coefficient (Wildman–Crippen LogP) is 5.26. The molecule has 33 heavy (non-hydrogen) atoms. The quantitative estimate of drug-likeness (QED) is 0.350. The molecule has 2 N–H and O–H groups in total. The Morgan fingerprint density at radius 2 is 1.55 bits per heavy atom. The number of carboxylic acid groups (broad SMARTS) is 2. The minimum atomic E-state index is -1.07. The van der Waals surface area contributed by atoms with E-state index in [2.05, 4.69) is 36.9 Å². The van der Waals surface area contributed by atoms with E-state index in [0.717, 1.165) is 30.5 Å². The molecule has 0 aromatic carbocycles. The van der Waals surface area contributed by atoms with E-state index in [1.54, 1.807) is 25.1 Å². The van der Waals surface area contributed by atoms with Crippen LogP contribution in [0.4, 0.5) is 0 Å². The molecule has 0 bridgehead atoms. The van der Waals surface area contributed by atoms with Gasteiger partial charge in [-0.25, -0.2) is 0 Å². The predicted molar refractivity (Wildman–Crippen MR) is 136 cm³/mol. The molecule has 0 saturated heterocycles. The molecule has 1 heterocycles. The Morgan fingerprint density at radius 1 is 1.03 bits per heavy atom. The van der Waals surface area contributed by atoms with Crippen molar-refractivity contribution in [3.63, 3.8) is 0 Å². The first kappa shape index (κ1) is 31.8. The normalized spacial score (nSPS) is 9.85. The second kappa shape index (κ2) is 21.8. The molecular weight excluding hydrogens is 416 g/mol. The molecule has 0 amide bonds. The first-order valence-corrected chi connectivity index (χ1v) is 10.8. The number of aromatic nitrogens is 1. The first-order chi connectivity index (χ1) is 15.8. The molecule has 6 heteroatoms. The smallest absolute Gasteiger partial charge is 0.317 e. The Morgan fingerprint density at radius 3 is 1.94 bits per heavy atom. The third kappa shape index (κ3) is 20.2. The van der Waals surface area contributed by atoms with Crippen LogP contribution in [-0.4, -0.2) is 45.1 Å². The lowest BCUT2D eigenvalue weighted by atomic mass is 10.1. The highest BCUT2D eigenvalue weighted by molar-refractivity contribution is 5.72. The number of hydrogen-bond donors (Lipinski definition) is 2.